The second-order valence-corrected chi connectivity index (χ2v) is 6.28. The number of fused-ring (bicyclic) bond motifs is 1. The summed E-state index contributed by atoms with van der Waals surface area (Å²) < 4.78 is 112. The number of halogens is 8. The highest BCUT2D eigenvalue weighted by atomic mass is 19.4. The summed E-state index contributed by atoms with van der Waals surface area (Å²) >= 11 is 0. The molecule has 0 spiro atoms. The number of alkyl halides is 5. The molecular weight excluding hydrogens is 420 g/mol. The van der Waals surface area contributed by atoms with Gasteiger partial charge in [0.25, 0.3) is 0 Å². The van der Waals surface area contributed by atoms with E-state index >= 15 is 0 Å². The van der Waals surface area contributed by atoms with E-state index in [1.165, 1.54) is 12.0 Å². The SMILES string of the molecule is Cc1ccc(OC(F)(F)c2ccc3c(F)c(C#CC(F)(F)F)c(F)cc3c2)c(F)c1. The van der Waals surface area contributed by atoms with Gasteiger partial charge in [-0.05, 0) is 48.2 Å². The maximum absolute atomic E-state index is 14.5. The van der Waals surface area contributed by atoms with Gasteiger partial charge < -0.3 is 4.74 Å². The summed E-state index contributed by atoms with van der Waals surface area (Å²) in [7, 11) is 0. The Kier molecular flexibility index (Phi) is 5.37. The normalized spacial score (nSPS) is 11.9. The molecule has 0 unspecified atom stereocenters. The fourth-order valence-electron chi connectivity index (χ4n) is 2.64. The quantitative estimate of drug-likeness (QED) is 0.336. The molecule has 0 saturated heterocycles. The Hall–Kier alpha value is -3.28. The van der Waals surface area contributed by atoms with Crippen molar-refractivity contribution in [2.75, 3.05) is 0 Å². The summed E-state index contributed by atoms with van der Waals surface area (Å²) in [5.74, 6) is -2.53. The van der Waals surface area contributed by atoms with E-state index in [1.54, 1.807) is 6.92 Å². The zero-order valence-electron chi connectivity index (χ0n) is 15.0. The summed E-state index contributed by atoms with van der Waals surface area (Å²) in [6.45, 7) is 1.55. The second kappa shape index (κ2) is 7.52. The predicted molar refractivity (Wildman–Crippen MR) is 92.5 cm³/mol. The summed E-state index contributed by atoms with van der Waals surface area (Å²) in [5.41, 5.74) is -1.51. The lowest BCUT2D eigenvalue weighted by Gasteiger charge is -2.19. The van der Waals surface area contributed by atoms with E-state index in [0.717, 1.165) is 30.2 Å². The molecule has 0 aliphatic rings. The van der Waals surface area contributed by atoms with Crippen molar-refractivity contribution in [3.05, 3.63) is 76.6 Å². The summed E-state index contributed by atoms with van der Waals surface area (Å²) in [4.78, 5) is 0. The van der Waals surface area contributed by atoms with Crippen LogP contribution in [0.15, 0.2) is 42.5 Å². The number of aryl methyl sites for hydroxylation is 1. The highest BCUT2D eigenvalue weighted by molar-refractivity contribution is 5.85. The van der Waals surface area contributed by atoms with Gasteiger partial charge in [-0.2, -0.15) is 22.0 Å². The van der Waals surface area contributed by atoms with E-state index in [0.29, 0.717) is 17.7 Å². The van der Waals surface area contributed by atoms with Gasteiger partial charge in [0.15, 0.2) is 11.6 Å². The van der Waals surface area contributed by atoms with Gasteiger partial charge in [-0.25, -0.2) is 13.2 Å². The summed E-state index contributed by atoms with van der Waals surface area (Å²) in [6, 6.07) is 6.16. The van der Waals surface area contributed by atoms with Crippen molar-refractivity contribution in [1.29, 1.82) is 0 Å². The largest absolute Gasteiger partial charge is 0.458 e. The van der Waals surface area contributed by atoms with Crippen molar-refractivity contribution < 1.29 is 39.9 Å². The molecule has 0 heterocycles. The molecule has 0 aliphatic heterocycles. The lowest BCUT2D eigenvalue weighted by atomic mass is 10.0. The van der Waals surface area contributed by atoms with Crippen LogP contribution in [0.5, 0.6) is 5.75 Å². The van der Waals surface area contributed by atoms with Crippen molar-refractivity contribution in [2.24, 2.45) is 0 Å². The van der Waals surface area contributed by atoms with Crippen LogP contribution in [0.25, 0.3) is 10.8 Å². The van der Waals surface area contributed by atoms with Crippen LogP contribution in [0.4, 0.5) is 35.1 Å². The average Bonchev–Trinajstić information content (AvgIpc) is 2.62. The van der Waals surface area contributed by atoms with E-state index < -0.39 is 52.0 Å². The average molecular weight is 430 g/mol. The molecule has 0 fully saturated rings. The van der Waals surface area contributed by atoms with Crippen LogP contribution in [0, 0.1) is 36.2 Å². The smallest absolute Gasteiger partial charge is 0.426 e. The Morgan fingerprint density at radius 3 is 2.17 bits per heavy atom. The lowest BCUT2D eigenvalue weighted by Crippen LogP contribution is -2.22. The van der Waals surface area contributed by atoms with Gasteiger partial charge in [-0.1, -0.05) is 18.1 Å². The number of benzene rings is 3. The van der Waals surface area contributed by atoms with Crippen molar-refractivity contribution in [1.82, 2.24) is 0 Å². The number of hydrogen-bond acceptors (Lipinski definition) is 1. The molecule has 9 heteroatoms. The summed E-state index contributed by atoms with van der Waals surface area (Å²) in [6.07, 6.45) is -9.03. The van der Waals surface area contributed by atoms with Gasteiger partial charge in [0.05, 0.1) is 11.1 Å². The maximum Gasteiger partial charge on any atom is 0.458 e. The summed E-state index contributed by atoms with van der Waals surface area (Å²) in [5, 5.41) is -0.795. The standard InChI is InChI=1S/C21H10F8O/c1-11-2-5-18(17(23)8-11)30-21(28,29)13-3-4-14-12(9-13)10-16(22)15(19(14)24)6-7-20(25,26)27/h2-5,8-10H,1H3. The van der Waals surface area contributed by atoms with Crippen molar-refractivity contribution in [2.45, 2.75) is 19.2 Å². The minimum absolute atomic E-state index is 0.368. The molecule has 0 amide bonds. The monoisotopic (exact) mass is 430 g/mol. The molecule has 0 aliphatic carbocycles. The fourth-order valence-corrected chi connectivity index (χ4v) is 2.64. The molecule has 0 aromatic heterocycles. The van der Waals surface area contributed by atoms with Gasteiger partial charge >= 0.3 is 12.3 Å². The van der Waals surface area contributed by atoms with Crippen LogP contribution >= 0.6 is 0 Å². The number of rotatable bonds is 3. The molecule has 30 heavy (non-hydrogen) atoms. The van der Waals surface area contributed by atoms with Gasteiger partial charge in [0.2, 0.25) is 0 Å². The third kappa shape index (κ3) is 4.48. The number of hydrogen-bond donors (Lipinski definition) is 0. The van der Waals surface area contributed by atoms with E-state index in [-0.39, 0.29) is 5.39 Å². The molecule has 0 saturated carbocycles. The van der Waals surface area contributed by atoms with Gasteiger partial charge in [0.1, 0.15) is 11.6 Å². The van der Waals surface area contributed by atoms with Gasteiger partial charge in [-0.3, -0.25) is 0 Å². The minimum Gasteiger partial charge on any atom is -0.426 e. The van der Waals surface area contributed by atoms with Crippen LogP contribution < -0.4 is 4.74 Å². The first-order chi connectivity index (χ1) is 13.9. The van der Waals surface area contributed by atoms with Crippen molar-refractivity contribution in [3.63, 3.8) is 0 Å². The highest BCUT2D eigenvalue weighted by Gasteiger charge is 2.36. The molecule has 0 bridgehead atoms. The van der Waals surface area contributed by atoms with Crippen LogP contribution in [-0.2, 0) is 6.11 Å². The molecule has 0 radical (unpaired) electrons. The minimum atomic E-state index is -4.97. The highest BCUT2D eigenvalue weighted by Crippen LogP contribution is 2.35. The first-order valence-electron chi connectivity index (χ1n) is 8.22. The number of ether oxygens (including phenoxy) is 1. The third-order valence-corrected chi connectivity index (χ3v) is 4.02. The van der Waals surface area contributed by atoms with Crippen LogP contribution in [-0.4, -0.2) is 6.18 Å². The fraction of sp³-hybridized carbons (Fsp3) is 0.143. The molecule has 1 nitrogen and oxygen atoms in total. The lowest BCUT2D eigenvalue weighted by molar-refractivity contribution is -0.186. The first kappa shape index (κ1) is 21.4. The molecule has 0 N–H and O–H groups in total. The first-order valence-corrected chi connectivity index (χ1v) is 8.22. The van der Waals surface area contributed by atoms with E-state index in [1.807, 2.05) is 0 Å². The third-order valence-electron chi connectivity index (χ3n) is 4.02. The molecule has 0 atom stereocenters. The molecule has 3 aromatic rings. The van der Waals surface area contributed by atoms with Crippen LogP contribution in [0.3, 0.4) is 0 Å². The maximum atomic E-state index is 14.5. The van der Waals surface area contributed by atoms with Crippen molar-refractivity contribution >= 4 is 10.8 Å². The van der Waals surface area contributed by atoms with E-state index in [9.17, 15) is 35.1 Å². The Morgan fingerprint density at radius 2 is 1.53 bits per heavy atom. The van der Waals surface area contributed by atoms with Gasteiger partial charge in [-0.15, -0.1) is 0 Å². The molecule has 3 aromatic carbocycles. The molecular formula is C21H10F8O. The van der Waals surface area contributed by atoms with Crippen LogP contribution in [0.2, 0.25) is 0 Å². The second-order valence-electron chi connectivity index (χ2n) is 6.28. The van der Waals surface area contributed by atoms with Crippen LogP contribution in [0.1, 0.15) is 16.7 Å². The Balaban J connectivity index is 2.03. The zero-order valence-corrected chi connectivity index (χ0v) is 15.0. The Bertz CT molecular complexity index is 1190. The Morgan fingerprint density at radius 1 is 0.833 bits per heavy atom. The van der Waals surface area contributed by atoms with E-state index in [4.69, 9.17) is 0 Å². The zero-order chi connectivity index (χ0) is 22.3. The van der Waals surface area contributed by atoms with E-state index in [2.05, 4.69) is 4.74 Å². The van der Waals surface area contributed by atoms with Crippen molar-refractivity contribution in [3.8, 4) is 17.6 Å². The predicted octanol–water partition coefficient (Wildman–Crippen LogP) is 6.61. The van der Waals surface area contributed by atoms with Gasteiger partial charge in [0, 0.05) is 11.3 Å². The molecule has 156 valence electrons. The Labute approximate surface area is 164 Å². The topological polar surface area (TPSA) is 9.23 Å². The molecule has 3 rings (SSSR count).